The first-order valence-corrected chi connectivity index (χ1v) is 7.76. The minimum Gasteiger partial charge on any atom is -0.545 e. The smallest absolute Gasteiger partial charge is 0.182 e. The highest BCUT2D eigenvalue weighted by Gasteiger charge is 2.19. The molecule has 0 bridgehead atoms. The quantitative estimate of drug-likeness (QED) is 0.774. The molecule has 0 saturated carbocycles. The van der Waals surface area contributed by atoms with E-state index in [0.29, 0.717) is 0 Å². The second-order valence-electron chi connectivity index (χ2n) is 4.49. The molecule has 0 radical (unpaired) electrons. The maximum atomic E-state index is 12.3. The molecule has 0 heterocycles. The van der Waals surface area contributed by atoms with Crippen LogP contribution in [0.1, 0.15) is 15.9 Å². The summed E-state index contributed by atoms with van der Waals surface area (Å²) in [6, 6.07) is 10.9. The van der Waals surface area contributed by atoms with Gasteiger partial charge in [0.2, 0.25) is 0 Å². The molecule has 0 atom stereocenters. The standard InChI is InChI=1S/C14H13NO6S/c16-14(17)10-6-7-11(13(8-10)15(18)19)9-22(20,21)12-4-2-1-3-5-12/h1-8,18-19H,9H2,(H,16,17)/p-1. The Balaban J connectivity index is 2.43. The second-order valence-corrected chi connectivity index (χ2v) is 6.48. The summed E-state index contributed by atoms with van der Waals surface area (Å²) in [4.78, 5) is 10.9. The van der Waals surface area contributed by atoms with E-state index in [1.54, 1.807) is 18.2 Å². The summed E-state index contributed by atoms with van der Waals surface area (Å²) in [5.74, 6) is -2.03. The van der Waals surface area contributed by atoms with Crippen molar-refractivity contribution in [3.8, 4) is 0 Å². The fraction of sp³-hybridized carbons (Fsp3) is 0.0714. The van der Waals surface area contributed by atoms with Crippen LogP contribution < -0.4 is 10.3 Å². The summed E-state index contributed by atoms with van der Waals surface area (Å²) in [5.41, 5.74) is -0.607. The third-order valence-corrected chi connectivity index (χ3v) is 4.67. The van der Waals surface area contributed by atoms with Crippen LogP contribution in [0, 0.1) is 0 Å². The van der Waals surface area contributed by atoms with Gasteiger partial charge in [0.05, 0.1) is 22.3 Å². The van der Waals surface area contributed by atoms with Crippen LogP contribution in [0.2, 0.25) is 0 Å². The minimum atomic E-state index is -3.71. The first-order chi connectivity index (χ1) is 10.3. The number of aromatic carboxylic acids is 1. The van der Waals surface area contributed by atoms with Gasteiger partial charge in [-0.1, -0.05) is 30.3 Å². The van der Waals surface area contributed by atoms with Crippen molar-refractivity contribution in [2.45, 2.75) is 10.6 Å². The predicted octanol–water partition coefficient (Wildman–Crippen LogP) is 0.609. The molecule has 0 saturated heterocycles. The number of benzene rings is 2. The van der Waals surface area contributed by atoms with Crippen molar-refractivity contribution in [1.82, 2.24) is 0 Å². The van der Waals surface area contributed by atoms with E-state index in [9.17, 15) is 18.3 Å². The maximum Gasteiger partial charge on any atom is 0.182 e. The summed E-state index contributed by atoms with van der Waals surface area (Å²) >= 11 is 0. The molecular formula is C14H12NO6S-. The van der Waals surface area contributed by atoms with Crippen molar-refractivity contribution in [2.75, 3.05) is 5.23 Å². The monoisotopic (exact) mass is 322 g/mol. The molecule has 2 rings (SSSR count). The van der Waals surface area contributed by atoms with Crippen LogP contribution in [0.3, 0.4) is 0 Å². The van der Waals surface area contributed by atoms with Gasteiger partial charge in [0.1, 0.15) is 0 Å². The number of hydrogen-bond acceptors (Lipinski definition) is 7. The van der Waals surface area contributed by atoms with E-state index < -0.39 is 21.6 Å². The summed E-state index contributed by atoms with van der Waals surface area (Å²) in [7, 11) is -3.71. The van der Waals surface area contributed by atoms with Crippen molar-refractivity contribution >= 4 is 21.5 Å². The Morgan fingerprint density at radius 1 is 1.09 bits per heavy atom. The molecule has 0 spiro atoms. The largest absolute Gasteiger partial charge is 0.545 e. The highest BCUT2D eigenvalue weighted by Crippen LogP contribution is 2.25. The topological polar surface area (TPSA) is 118 Å². The number of carboxylic acids is 1. The molecule has 116 valence electrons. The Labute approximate surface area is 126 Å². The molecule has 0 amide bonds. The Morgan fingerprint density at radius 2 is 1.73 bits per heavy atom. The number of nitrogens with zero attached hydrogens (tertiary/aromatic N) is 1. The van der Waals surface area contributed by atoms with Gasteiger partial charge in [-0.15, -0.1) is 5.23 Å². The van der Waals surface area contributed by atoms with Gasteiger partial charge in [0.15, 0.2) is 9.84 Å². The molecule has 0 aliphatic carbocycles. The third kappa shape index (κ3) is 3.42. The lowest BCUT2D eigenvalue weighted by atomic mass is 10.1. The zero-order chi connectivity index (χ0) is 16.3. The van der Waals surface area contributed by atoms with Gasteiger partial charge in [-0.25, -0.2) is 8.42 Å². The lowest BCUT2D eigenvalue weighted by molar-refractivity contribution is -0.255. The Kier molecular flexibility index (Phi) is 4.45. The molecule has 2 aromatic carbocycles. The van der Waals surface area contributed by atoms with Gasteiger partial charge in [0.25, 0.3) is 0 Å². The molecular weight excluding hydrogens is 310 g/mol. The van der Waals surface area contributed by atoms with Gasteiger partial charge >= 0.3 is 0 Å². The molecule has 22 heavy (non-hydrogen) atoms. The van der Waals surface area contributed by atoms with E-state index in [1.165, 1.54) is 18.2 Å². The molecule has 2 N–H and O–H groups in total. The molecule has 0 unspecified atom stereocenters. The van der Waals surface area contributed by atoms with Crippen molar-refractivity contribution < 1.29 is 28.7 Å². The van der Waals surface area contributed by atoms with Gasteiger partial charge in [0, 0.05) is 0 Å². The molecule has 7 nitrogen and oxygen atoms in total. The average Bonchev–Trinajstić information content (AvgIpc) is 2.47. The minimum absolute atomic E-state index is 0.0406. The third-order valence-electron chi connectivity index (χ3n) is 2.98. The summed E-state index contributed by atoms with van der Waals surface area (Å²) in [6.07, 6.45) is 0. The van der Waals surface area contributed by atoms with Crippen LogP contribution >= 0.6 is 0 Å². The summed E-state index contributed by atoms with van der Waals surface area (Å²) in [6.45, 7) is 0. The number of carbonyl (C=O) groups excluding carboxylic acids is 1. The van der Waals surface area contributed by atoms with E-state index >= 15 is 0 Å². The molecule has 0 aromatic heterocycles. The highest BCUT2D eigenvalue weighted by atomic mass is 32.2. The van der Waals surface area contributed by atoms with Crippen LogP contribution in [0.25, 0.3) is 0 Å². The molecule has 0 fully saturated rings. The summed E-state index contributed by atoms with van der Waals surface area (Å²) in [5, 5.41) is 28.8. The lowest BCUT2D eigenvalue weighted by Gasteiger charge is -2.16. The maximum absolute atomic E-state index is 12.3. The van der Waals surface area contributed by atoms with E-state index in [4.69, 9.17) is 10.4 Å². The first kappa shape index (κ1) is 16.0. The summed E-state index contributed by atoms with van der Waals surface area (Å²) < 4.78 is 24.6. The van der Waals surface area contributed by atoms with Crippen molar-refractivity contribution in [3.05, 3.63) is 59.7 Å². The Bertz CT molecular complexity index is 786. The van der Waals surface area contributed by atoms with E-state index in [2.05, 4.69) is 0 Å². The van der Waals surface area contributed by atoms with Crippen LogP contribution in [0.5, 0.6) is 0 Å². The molecule has 8 heteroatoms. The predicted molar refractivity (Wildman–Crippen MR) is 74.2 cm³/mol. The SMILES string of the molecule is O=C([O-])c1ccc(CS(=O)(=O)c2ccccc2)c(N(O)O)c1. The van der Waals surface area contributed by atoms with Crippen molar-refractivity contribution in [1.29, 1.82) is 0 Å². The van der Waals surface area contributed by atoms with Gasteiger partial charge < -0.3 is 9.90 Å². The van der Waals surface area contributed by atoms with Gasteiger partial charge in [-0.05, 0) is 29.3 Å². The first-order valence-electron chi connectivity index (χ1n) is 6.11. The van der Waals surface area contributed by atoms with Crippen molar-refractivity contribution in [2.24, 2.45) is 0 Å². The van der Waals surface area contributed by atoms with Gasteiger partial charge in [-0.3, -0.25) is 10.4 Å². The molecule has 2 aromatic rings. The van der Waals surface area contributed by atoms with Gasteiger partial charge in [-0.2, -0.15) is 0 Å². The Hall–Kier alpha value is -2.42. The van der Waals surface area contributed by atoms with Crippen LogP contribution in [0.4, 0.5) is 5.69 Å². The zero-order valence-corrected chi connectivity index (χ0v) is 12.0. The average molecular weight is 322 g/mol. The number of hydrogen-bond donors (Lipinski definition) is 2. The fourth-order valence-corrected chi connectivity index (χ4v) is 3.31. The number of sulfone groups is 1. The number of anilines is 1. The Morgan fingerprint density at radius 3 is 2.27 bits per heavy atom. The number of carboxylic acid groups (broad SMARTS) is 1. The van der Waals surface area contributed by atoms with Crippen LogP contribution in [0.15, 0.2) is 53.4 Å². The molecule has 0 aliphatic rings. The highest BCUT2D eigenvalue weighted by molar-refractivity contribution is 7.90. The lowest BCUT2D eigenvalue weighted by Crippen LogP contribution is -2.23. The number of carbonyl (C=O) groups is 1. The van der Waals surface area contributed by atoms with E-state index in [-0.39, 0.29) is 26.9 Å². The molecule has 0 aliphatic heterocycles. The van der Waals surface area contributed by atoms with Crippen molar-refractivity contribution in [3.63, 3.8) is 0 Å². The normalized spacial score (nSPS) is 11.2. The number of rotatable bonds is 5. The van der Waals surface area contributed by atoms with E-state index in [0.717, 1.165) is 12.1 Å². The fourth-order valence-electron chi connectivity index (χ4n) is 1.91. The van der Waals surface area contributed by atoms with Crippen LogP contribution in [-0.2, 0) is 15.6 Å². The second kappa shape index (κ2) is 6.14. The van der Waals surface area contributed by atoms with E-state index in [1.807, 2.05) is 0 Å². The van der Waals surface area contributed by atoms with Crippen LogP contribution in [-0.4, -0.2) is 24.8 Å². The zero-order valence-electron chi connectivity index (χ0n) is 11.2.